The van der Waals surface area contributed by atoms with Gasteiger partial charge in [0, 0.05) is 53.0 Å². The van der Waals surface area contributed by atoms with Crippen molar-refractivity contribution in [1.82, 2.24) is 4.90 Å². The van der Waals surface area contributed by atoms with Gasteiger partial charge in [-0.05, 0) is 56.4 Å². The third kappa shape index (κ3) is 3.73. The highest BCUT2D eigenvalue weighted by Gasteiger charge is 2.18. The van der Waals surface area contributed by atoms with Crippen LogP contribution in [0.1, 0.15) is 16.1 Å². The number of nitrogens with one attached hydrogen (secondary N) is 1. The molecule has 0 bridgehead atoms. The van der Waals surface area contributed by atoms with Crippen molar-refractivity contribution in [1.29, 1.82) is 0 Å². The Morgan fingerprint density at radius 3 is 2.48 bits per heavy atom. The standard InChI is InChI=1S/C21H22BrN3O2/c1-14-18-13-15(22)3-8-19(18)27-20(14)21(26)23-16-4-6-17(7-5-16)25-11-9-24(2)10-12-25/h3-8,13H,9-12H2,1-2H3,(H,23,26). The van der Waals surface area contributed by atoms with Crippen LogP contribution in [0.25, 0.3) is 11.0 Å². The molecule has 1 aliphatic heterocycles. The third-order valence-electron chi connectivity index (χ3n) is 5.10. The number of furan rings is 1. The van der Waals surface area contributed by atoms with Crippen molar-refractivity contribution in [2.24, 2.45) is 0 Å². The van der Waals surface area contributed by atoms with E-state index in [0.29, 0.717) is 11.3 Å². The summed E-state index contributed by atoms with van der Waals surface area (Å²) < 4.78 is 6.73. The molecule has 1 amide bonds. The van der Waals surface area contributed by atoms with Gasteiger partial charge in [-0.1, -0.05) is 15.9 Å². The third-order valence-corrected chi connectivity index (χ3v) is 5.59. The monoisotopic (exact) mass is 427 g/mol. The lowest BCUT2D eigenvalue weighted by Gasteiger charge is -2.34. The zero-order chi connectivity index (χ0) is 19.0. The highest BCUT2D eigenvalue weighted by molar-refractivity contribution is 9.10. The van der Waals surface area contributed by atoms with E-state index in [4.69, 9.17) is 4.42 Å². The van der Waals surface area contributed by atoms with Gasteiger partial charge in [0.15, 0.2) is 5.76 Å². The molecule has 1 N–H and O–H groups in total. The number of carbonyl (C=O) groups excluding carboxylic acids is 1. The molecule has 5 nitrogen and oxygen atoms in total. The smallest absolute Gasteiger partial charge is 0.291 e. The van der Waals surface area contributed by atoms with Crippen LogP contribution in [0.15, 0.2) is 51.4 Å². The maximum atomic E-state index is 12.7. The van der Waals surface area contributed by atoms with Gasteiger partial charge in [-0.3, -0.25) is 4.79 Å². The van der Waals surface area contributed by atoms with E-state index in [-0.39, 0.29) is 5.91 Å². The van der Waals surface area contributed by atoms with Gasteiger partial charge in [-0.2, -0.15) is 0 Å². The van der Waals surface area contributed by atoms with Crippen molar-refractivity contribution < 1.29 is 9.21 Å². The second-order valence-corrected chi connectivity index (χ2v) is 7.90. The van der Waals surface area contributed by atoms with Crippen LogP contribution in [-0.4, -0.2) is 44.0 Å². The van der Waals surface area contributed by atoms with Gasteiger partial charge < -0.3 is 19.5 Å². The minimum Gasteiger partial charge on any atom is -0.451 e. The zero-order valence-corrected chi connectivity index (χ0v) is 17.0. The van der Waals surface area contributed by atoms with E-state index in [1.807, 2.05) is 37.3 Å². The summed E-state index contributed by atoms with van der Waals surface area (Å²) in [5, 5.41) is 3.89. The average Bonchev–Trinajstić information content (AvgIpc) is 2.99. The molecule has 1 aliphatic rings. The maximum absolute atomic E-state index is 12.7. The number of carbonyl (C=O) groups is 1. The van der Waals surface area contributed by atoms with Gasteiger partial charge >= 0.3 is 0 Å². The Balaban J connectivity index is 1.49. The average molecular weight is 428 g/mol. The van der Waals surface area contributed by atoms with E-state index >= 15 is 0 Å². The number of fused-ring (bicyclic) bond motifs is 1. The lowest BCUT2D eigenvalue weighted by Crippen LogP contribution is -2.44. The second-order valence-electron chi connectivity index (χ2n) is 6.99. The lowest BCUT2D eigenvalue weighted by atomic mass is 10.1. The molecule has 1 fully saturated rings. The number of piperazine rings is 1. The van der Waals surface area contributed by atoms with Crippen molar-refractivity contribution in [3.05, 3.63) is 58.3 Å². The quantitative estimate of drug-likeness (QED) is 0.667. The zero-order valence-electron chi connectivity index (χ0n) is 15.5. The molecule has 0 saturated carbocycles. The summed E-state index contributed by atoms with van der Waals surface area (Å²) >= 11 is 3.46. The molecular formula is C21H22BrN3O2. The van der Waals surface area contributed by atoms with Crippen molar-refractivity contribution in [2.75, 3.05) is 43.4 Å². The minimum absolute atomic E-state index is 0.229. The van der Waals surface area contributed by atoms with Crippen LogP contribution in [0.4, 0.5) is 11.4 Å². The van der Waals surface area contributed by atoms with E-state index in [9.17, 15) is 4.79 Å². The van der Waals surface area contributed by atoms with Gasteiger partial charge in [-0.15, -0.1) is 0 Å². The minimum atomic E-state index is -0.229. The van der Waals surface area contributed by atoms with Crippen LogP contribution >= 0.6 is 15.9 Å². The Bertz CT molecular complexity index is 973. The first-order valence-corrected chi connectivity index (χ1v) is 9.84. The molecule has 0 spiro atoms. The molecule has 1 saturated heterocycles. The molecule has 0 atom stereocenters. The number of halogens is 1. The number of rotatable bonds is 3. The number of benzene rings is 2. The number of hydrogen-bond acceptors (Lipinski definition) is 4. The van der Waals surface area contributed by atoms with E-state index in [1.165, 1.54) is 5.69 Å². The van der Waals surface area contributed by atoms with Crippen LogP contribution in [-0.2, 0) is 0 Å². The Morgan fingerprint density at radius 2 is 1.78 bits per heavy atom. The number of nitrogens with zero attached hydrogens (tertiary/aromatic N) is 2. The molecule has 0 radical (unpaired) electrons. The highest BCUT2D eigenvalue weighted by atomic mass is 79.9. The number of likely N-dealkylation sites (N-methyl/N-ethyl adjacent to an activating group) is 1. The normalized spacial score (nSPS) is 15.3. The molecule has 0 unspecified atom stereocenters. The van der Waals surface area contributed by atoms with Gasteiger partial charge in [0.25, 0.3) is 5.91 Å². The topological polar surface area (TPSA) is 48.7 Å². The number of anilines is 2. The molecule has 0 aliphatic carbocycles. The Kier molecular flexibility index (Phi) is 4.93. The fourth-order valence-electron chi connectivity index (χ4n) is 3.42. The van der Waals surface area contributed by atoms with Crippen molar-refractivity contribution in [3.8, 4) is 0 Å². The largest absolute Gasteiger partial charge is 0.451 e. The number of amides is 1. The molecule has 3 aromatic rings. The molecule has 2 heterocycles. The Labute approximate surface area is 167 Å². The van der Waals surface area contributed by atoms with Crippen LogP contribution in [0.5, 0.6) is 0 Å². The number of aryl methyl sites for hydroxylation is 1. The van der Waals surface area contributed by atoms with E-state index in [1.54, 1.807) is 0 Å². The van der Waals surface area contributed by atoms with Gasteiger partial charge in [0.1, 0.15) is 5.58 Å². The number of hydrogen-bond donors (Lipinski definition) is 1. The summed E-state index contributed by atoms with van der Waals surface area (Å²) in [6.07, 6.45) is 0. The van der Waals surface area contributed by atoms with Crippen LogP contribution in [0, 0.1) is 6.92 Å². The predicted octanol–water partition coefficient (Wildman–Crippen LogP) is 4.51. The van der Waals surface area contributed by atoms with Gasteiger partial charge in [0.2, 0.25) is 0 Å². The van der Waals surface area contributed by atoms with E-state index in [0.717, 1.165) is 47.3 Å². The van der Waals surface area contributed by atoms with Crippen LogP contribution in [0.2, 0.25) is 0 Å². The molecule has 2 aromatic carbocycles. The fourth-order valence-corrected chi connectivity index (χ4v) is 3.78. The molecule has 140 valence electrons. The lowest BCUT2D eigenvalue weighted by molar-refractivity contribution is 0.0998. The summed E-state index contributed by atoms with van der Waals surface area (Å²) in [5.41, 5.74) is 3.51. The Hall–Kier alpha value is -2.31. The molecular weight excluding hydrogens is 406 g/mol. The summed E-state index contributed by atoms with van der Waals surface area (Å²) in [6.45, 7) is 6.09. The molecule has 4 rings (SSSR count). The summed E-state index contributed by atoms with van der Waals surface area (Å²) in [6, 6.07) is 13.8. The predicted molar refractivity (Wildman–Crippen MR) is 113 cm³/mol. The summed E-state index contributed by atoms with van der Waals surface area (Å²) in [5.74, 6) is 0.124. The van der Waals surface area contributed by atoms with Gasteiger partial charge in [-0.25, -0.2) is 0 Å². The van der Waals surface area contributed by atoms with Crippen molar-refractivity contribution in [2.45, 2.75) is 6.92 Å². The van der Waals surface area contributed by atoms with Crippen molar-refractivity contribution >= 4 is 44.2 Å². The first kappa shape index (κ1) is 18.1. The highest BCUT2D eigenvalue weighted by Crippen LogP contribution is 2.29. The summed E-state index contributed by atoms with van der Waals surface area (Å²) in [7, 11) is 2.15. The molecule has 27 heavy (non-hydrogen) atoms. The van der Waals surface area contributed by atoms with E-state index in [2.05, 4.69) is 50.2 Å². The second kappa shape index (κ2) is 7.37. The molecule has 1 aromatic heterocycles. The van der Waals surface area contributed by atoms with Crippen LogP contribution < -0.4 is 10.2 Å². The molecule has 6 heteroatoms. The van der Waals surface area contributed by atoms with Gasteiger partial charge in [0.05, 0.1) is 0 Å². The first-order valence-electron chi connectivity index (χ1n) is 9.05. The van der Waals surface area contributed by atoms with E-state index < -0.39 is 0 Å². The first-order chi connectivity index (χ1) is 13.0. The summed E-state index contributed by atoms with van der Waals surface area (Å²) in [4.78, 5) is 17.4. The van der Waals surface area contributed by atoms with Crippen LogP contribution in [0.3, 0.4) is 0 Å². The van der Waals surface area contributed by atoms with Crippen molar-refractivity contribution in [3.63, 3.8) is 0 Å². The Morgan fingerprint density at radius 1 is 1.07 bits per heavy atom. The maximum Gasteiger partial charge on any atom is 0.291 e. The fraction of sp³-hybridized carbons (Fsp3) is 0.286. The SMILES string of the molecule is Cc1c(C(=O)Nc2ccc(N3CCN(C)CC3)cc2)oc2ccc(Br)cc12.